The van der Waals surface area contributed by atoms with Crippen LogP contribution in [0.15, 0.2) is 53.9 Å². The Labute approximate surface area is 140 Å². The summed E-state index contributed by atoms with van der Waals surface area (Å²) >= 11 is 0. The van der Waals surface area contributed by atoms with Crippen LogP contribution in [0.1, 0.15) is 21.5 Å². The van der Waals surface area contributed by atoms with E-state index in [0.29, 0.717) is 23.1 Å². The van der Waals surface area contributed by atoms with Gasteiger partial charge in [-0.15, -0.1) is 0 Å². The van der Waals surface area contributed by atoms with E-state index in [1.165, 1.54) is 10.8 Å². The first-order valence-corrected chi connectivity index (χ1v) is 8.30. The van der Waals surface area contributed by atoms with Crippen LogP contribution in [0.5, 0.6) is 0 Å². The third kappa shape index (κ3) is 5.15. The van der Waals surface area contributed by atoms with Crippen LogP contribution in [0.2, 0.25) is 0 Å². The number of hydrogen-bond acceptors (Lipinski definition) is 3. The third-order valence-electron chi connectivity index (χ3n) is 3.01. The van der Waals surface area contributed by atoms with Gasteiger partial charge in [0.15, 0.2) is 0 Å². The van der Waals surface area contributed by atoms with Crippen LogP contribution in [0.3, 0.4) is 0 Å². The predicted molar refractivity (Wildman–Crippen MR) is 83.3 cm³/mol. The molecule has 0 atom stereocenters. The van der Waals surface area contributed by atoms with Gasteiger partial charge in [0.2, 0.25) is 0 Å². The van der Waals surface area contributed by atoms with Gasteiger partial charge in [-0.3, -0.25) is 4.79 Å². The van der Waals surface area contributed by atoms with Gasteiger partial charge >= 0.3 is 6.18 Å². The van der Waals surface area contributed by atoms with Crippen molar-refractivity contribution < 1.29 is 30.8 Å². The molecule has 1 amide bonds. The van der Waals surface area contributed by atoms with Crippen molar-refractivity contribution in [2.45, 2.75) is 6.18 Å². The Morgan fingerprint density at radius 1 is 1.04 bits per heavy atom. The highest BCUT2D eigenvalue weighted by Crippen LogP contribution is 2.32. The average molecular weight is 373 g/mol. The summed E-state index contributed by atoms with van der Waals surface area (Å²) in [6.07, 6.45) is -3.84. The van der Waals surface area contributed by atoms with Crippen molar-refractivity contribution in [1.29, 1.82) is 0 Å². The minimum absolute atomic E-state index is 0.126. The zero-order chi connectivity index (χ0) is 18.7. The van der Waals surface area contributed by atoms with Crippen molar-refractivity contribution in [2.24, 2.45) is 0 Å². The first-order chi connectivity index (χ1) is 11.6. The van der Waals surface area contributed by atoms with E-state index in [-0.39, 0.29) is 6.07 Å². The number of halogens is 4. The van der Waals surface area contributed by atoms with Crippen molar-refractivity contribution in [1.82, 2.24) is 4.72 Å². The van der Waals surface area contributed by atoms with E-state index in [1.807, 2.05) is 0 Å². The highest BCUT2D eigenvalue weighted by Gasteiger charge is 2.36. The van der Waals surface area contributed by atoms with Crippen molar-refractivity contribution in [3.05, 3.63) is 76.4 Å². The maximum absolute atomic E-state index is 13.0. The Kier molecular flexibility index (Phi) is 5.27. The second-order valence-electron chi connectivity index (χ2n) is 4.88. The van der Waals surface area contributed by atoms with Crippen molar-refractivity contribution in [3.63, 3.8) is 0 Å². The Balaban J connectivity index is 2.26. The van der Waals surface area contributed by atoms with Crippen LogP contribution >= 0.6 is 0 Å². The predicted octanol–water partition coefficient (Wildman–Crippen LogP) is 3.58. The summed E-state index contributed by atoms with van der Waals surface area (Å²) in [5.74, 6) is -2.71. The molecule has 2 aromatic rings. The lowest BCUT2D eigenvalue weighted by Crippen LogP contribution is -2.30. The van der Waals surface area contributed by atoms with E-state index in [2.05, 4.69) is 0 Å². The number of amides is 1. The molecule has 0 aliphatic rings. The fraction of sp³-hybridized carbons (Fsp3) is 0.0625. The van der Waals surface area contributed by atoms with Crippen LogP contribution in [0.25, 0.3) is 6.08 Å². The maximum atomic E-state index is 13.0. The zero-order valence-electron chi connectivity index (χ0n) is 12.4. The minimum atomic E-state index is -5.02. The lowest BCUT2D eigenvalue weighted by atomic mass is 10.1. The number of nitrogens with one attached hydrogen (secondary N) is 1. The summed E-state index contributed by atoms with van der Waals surface area (Å²) in [4.78, 5) is 11.9. The number of benzene rings is 2. The van der Waals surface area contributed by atoms with E-state index in [0.717, 1.165) is 0 Å². The lowest BCUT2D eigenvalue weighted by molar-refractivity contribution is -0.138. The summed E-state index contributed by atoms with van der Waals surface area (Å²) in [7, 11) is -4.34. The fourth-order valence-electron chi connectivity index (χ4n) is 1.90. The van der Waals surface area contributed by atoms with Gasteiger partial charge in [-0.1, -0.05) is 30.3 Å². The van der Waals surface area contributed by atoms with Gasteiger partial charge in [-0.2, -0.15) is 13.2 Å². The van der Waals surface area contributed by atoms with Crippen LogP contribution in [-0.4, -0.2) is 14.3 Å². The summed E-state index contributed by atoms with van der Waals surface area (Å²) in [5, 5.41) is 0.650. The average Bonchev–Trinajstić information content (AvgIpc) is 2.52. The van der Waals surface area contributed by atoms with E-state index in [1.54, 1.807) is 30.3 Å². The van der Waals surface area contributed by atoms with Gasteiger partial charge < -0.3 is 0 Å². The molecule has 132 valence electrons. The number of rotatable bonds is 4. The van der Waals surface area contributed by atoms with Gasteiger partial charge in [0.1, 0.15) is 5.82 Å². The molecule has 4 nitrogen and oxygen atoms in total. The van der Waals surface area contributed by atoms with Gasteiger partial charge in [-0.05, 0) is 29.8 Å². The number of sulfonamides is 1. The molecule has 0 saturated carbocycles. The van der Waals surface area contributed by atoms with E-state index < -0.39 is 39.1 Å². The smallest absolute Gasteiger partial charge is 0.268 e. The molecule has 0 aliphatic heterocycles. The SMILES string of the molecule is O=C(NS(=O)(=O)/C=C/c1ccccc1)c1ccc(F)cc1C(F)(F)F. The Morgan fingerprint density at radius 2 is 1.68 bits per heavy atom. The van der Waals surface area contributed by atoms with Crippen LogP contribution in [0, 0.1) is 5.82 Å². The Morgan fingerprint density at radius 3 is 2.28 bits per heavy atom. The van der Waals surface area contributed by atoms with Crippen molar-refractivity contribution >= 4 is 22.0 Å². The Bertz CT molecular complexity index is 907. The number of hydrogen-bond donors (Lipinski definition) is 1. The van der Waals surface area contributed by atoms with E-state index >= 15 is 0 Å². The van der Waals surface area contributed by atoms with Gasteiger partial charge in [-0.25, -0.2) is 17.5 Å². The number of alkyl halides is 3. The fourth-order valence-corrected chi connectivity index (χ4v) is 2.67. The number of carbonyl (C=O) groups is 1. The van der Waals surface area contributed by atoms with Crippen LogP contribution < -0.4 is 4.72 Å². The molecule has 0 unspecified atom stereocenters. The largest absolute Gasteiger partial charge is 0.417 e. The summed E-state index contributed by atoms with van der Waals surface area (Å²) in [5.41, 5.74) is -2.05. The maximum Gasteiger partial charge on any atom is 0.417 e. The molecule has 0 fully saturated rings. The van der Waals surface area contributed by atoms with Crippen LogP contribution in [0.4, 0.5) is 17.6 Å². The first-order valence-electron chi connectivity index (χ1n) is 6.75. The lowest BCUT2D eigenvalue weighted by Gasteiger charge is -2.12. The molecule has 2 aromatic carbocycles. The second-order valence-corrected chi connectivity index (χ2v) is 6.44. The molecule has 0 saturated heterocycles. The van der Waals surface area contributed by atoms with Gasteiger partial charge in [0, 0.05) is 0 Å². The molecule has 0 spiro atoms. The minimum Gasteiger partial charge on any atom is -0.268 e. The van der Waals surface area contributed by atoms with Crippen molar-refractivity contribution in [3.8, 4) is 0 Å². The Hall–Kier alpha value is -2.68. The molecule has 0 aromatic heterocycles. The highest BCUT2D eigenvalue weighted by molar-refractivity contribution is 7.93. The van der Waals surface area contributed by atoms with E-state index in [4.69, 9.17) is 0 Å². The van der Waals surface area contributed by atoms with Crippen molar-refractivity contribution in [2.75, 3.05) is 0 Å². The molecular weight excluding hydrogens is 362 g/mol. The molecule has 0 bridgehead atoms. The quantitative estimate of drug-likeness (QED) is 0.834. The molecule has 0 radical (unpaired) electrons. The standard InChI is InChI=1S/C16H11F4NO3S/c17-12-6-7-13(14(10-12)16(18,19)20)15(22)21-25(23,24)9-8-11-4-2-1-3-5-11/h1-10H,(H,21,22)/b9-8+. The summed E-state index contributed by atoms with van der Waals surface area (Å²) in [6, 6.07) is 9.53. The van der Waals surface area contributed by atoms with Gasteiger partial charge in [0.05, 0.1) is 16.5 Å². The third-order valence-corrected chi connectivity index (χ3v) is 3.97. The molecule has 1 N–H and O–H groups in total. The van der Waals surface area contributed by atoms with Crippen LogP contribution in [-0.2, 0) is 16.2 Å². The molecule has 2 rings (SSSR count). The molecule has 25 heavy (non-hydrogen) atoms. The number of carbonyl (C=O) groups excluding carboxylic acids is 1. The molecular formula is C16H11F4NO3S. The van der Waals surface area contributed by atoms with E-state index in [9.17, 15) is 30.8 Å². The topological polar surface area (TPSA) is 63.2 Å². The summed E-state index contributed by atoms with van der Waals surface area (Å²) in [6.45, 7) is 0. The monoisotopic (exact) mass is 373 g/mol. The normalized spacial score (nSPS) is 12.3. The molecule has 0 aliphatic carbocycles. The molecule has 9 heteroatoms. The molecule has 0 heterocycles. The zero-order valence-corrected chi connectivity index (χ0v) is 13.2. The first kappa shape index (κ1) is 18.7. The highest BCUT2D eigenvalue weighted by atomic mass is 32.2. The van der Waals surface area contributed by atoms with Gasteiger partial charge in [0.25, 0.3) is 15.9 Å². The second kappa shape index (κ2) is 7.06. The summed E-state index contributed by atoms with van der Waals surface area (Å²) < 4.78 is 76.9.